The van der Waals surface area contributed by atoms with Gasteiger partial charge < -0.3 is 14.5 Å². The van der Waals surface area contributed by atoms with E-state index < -0.39 is 10.0 Å². The first-order valence-corrected chi connectivity index (χ1v) is 13.7. The number of aryl methyl sites for hydroxylation is 1. The van der Waals surface area contributed by atoms with Gasteiger partial charge in [0.05, 0.1) is 17.7 Å². The number of hydrogen-bond acceptors (Lipinski definition) is 5. The van der Waals surface area contributed by atoms with Gasteiger partial charge in [0, 0.05) is 38.2 Å². The maximum Gasteiger partial charge on any atom is 0.262 e. The smallest absolute Gasteiger partial charge is 0.262 e. The summed E-state index contributed by atoms with van der Waals surface area (Å²) in [6.07, 6.45) is 5.28. The standard InChI is InChI=1S/C26H33N3O5S/c1-19-7-10-24(34-2)22(17-19)27-35(32,33)21-8-9-23-20(18-21)13-16-29(23)26(31)12-11-25(30)28-14-5-3-4-6-15-28/h7-10,17-18,27H,3-6,11-16H2,1-2H3. The topological polar surface area (TPSA) is 96.0 Å². The molecule has 0 radical (unpaired) electrons. The first-order valence-electron chi connectivity index (χ1n) is 12.2. The fourth-order valence-electron chi connectivity index (χ4n) is 4.74. The van der Waals surface area contributed by atoms with Crippen LogP contribution in [0.15, 0.2) is 41.3 Å². The predicted octanol–water partition coefficient (Wildman–Crippen LogP) is 3.88. The summed E-state index contributed by atoms with van der Waals surface area (Å²) >= 11 is 0. The highest BCUT2D eigenvalue weighted by Gasteiger charge is 2.28. The van der Waals surface area contributed by atoms with Crippen molar-refractivity contribution >= 4 is 33.2 Å². The molecule has 1 saturated heterocycles. The molecule has 2 aromatic rings. The summed E-state index contributed by atoms with van der Waals surface area (Å²) in [5.74, 6) is 0.371. The molecule has 2 aromatic carbocycles. The molecule has 0 aliphatic carbocycles. The Kier molecular flexibility index (Phi) is 7.64. The maximum absolute atomic E-state index is 13.1. The van der Waals surface area contributed by atoms with E-state index >= 15 is 0 Å². The number of sulfonamides is 1. The minimum absolute atomic E-state index is 0.0405. The van der Waals surface area contributed by atoms with Crippen LogP contribution in [0.4, 0.5) is 11.4 Å². The minimum Gasteiger partial charge on any atom is -0.495 e. The number of fused-ring (bicyclic) bond motifs is 1. The third-order valence-corrected chi connectivity index (χ3v) is 8.03. The molecule has 0 bridgehead atoms. The van der Waals surface area contributed by atoms with E-state index in [1.54, 1.807) is 29.2 Å². The number of anilines is 2. The second kappa shape index (κ2) is 10.7. The molecule has 0 aromatic heterocycles. The Morgan fingerprint density at radius 3 is 2.37 bits per heavy atom. The van der Waals surface area contributed by atoms with E-state index in [2.05, 4.69) is 4.72 Å². The number of likely N-dealkylation sites (tertiary alicyclic amines) is 1. The number of ether oxygens (including phenoxy) is 1. The van der Waals surface area contributed by atoms with Crippen molar-refractivity contribution < 1.29 is 22.7 Å². The van der Waals surface area contributed by atoms with E-state index in [-0.39, 0.29) is 29.6 Å². The molecule has 2 aliphatic heterocycles. The number of nitrogens with zero attached hydrogens (tertiary/aromatic N) is 2. The van der Waals surface area contributed by atoms with Crippen molar-refractivity contribution in [1.82, 2.24) is 4.90 Å². The van der Waals surface area contributed by atoms with Gasteiger partial charge in [0.1, 0.15) is 5.75 Å². The summed E-state index contributed by atoms with van der Waals surface area (Å²) < 4.78 is 34.0. The molecule has 9 heteroatoms. The Hall–Kier alpha value is -3.07. The van der Waals surface area contributed by atoms with Gasteiger partial charge in [-0.15, -0.1) is 0 Å². The SMILES string of the molecule is COc1ccc(C)cc1NS(=O)(=O)c1ccc2c(c1)CCN2C(=O)CCC(=O)N1CCCCCC1. The van der Waals surface area contributed by atoms with Crippen molar-refractivity contribution in [3.05, 3.63) is 47.5 Å². The van der Waals surface area contributed by atoms with Crippen molar-refractivity contribution in [3.63, 3.8) is 0 Å². The van der Waals surface area contributed by atoms with Gasteiger partial charge in [0.25, 0.3) is 10.0 Å². The van der Waals surface area contributed by atoms with E-state index in [0.29, 0.717) is 30.1 Å². The highest BCUT2D eigenvalue weighted by molar-refractivity contribution is 7.92. The van der Waals surface area contributed by atoms with Crippen LogP contribution in [0.2, 0.25) is 0 Å². The van der Waals surface area contributed by atoms with Gasteiger partial charge in [-0.2, -0.15) is 0 Å². The highest BCUT2D eigenvalue weighted by Crippen LogP contribution is 2.33. The average molecular weight is 500 g/mol. The van der Waals surface area contributed by atoms with Crippen molar-refractivity contribution in [2.45, 2.75) is 56.8 Å². The monoisotopic (exact) mass is 499 g/mol. The maximum atomic E-state index is 13.1. The minimum atomic E-state index is -3.84. The molecule has 0 saturated carbocycles. The van der Waals surface area contributed by atoms with Crippen molar-refractivity contribution in [2.24, 2.45) is 0 Å². The Morgan fingerprint density at radius 1 is 0.943 bits per heavy atom. The van der Waals surface area contributed by atoms with Gasteiger partial charge in [-0.1, -0.05) is 18.9 Å². The van der Waals surface area contributed by atoms with Gasteiger partial charge in [0.15, 0.2) is 0 Å². The van der Waals surface area contributed by atoms with E-state index in [1.807, 2.05) is 17.9 Å². The number of rotatable bonds is 7. The molecule has 0 spiro atoms. The molecule has 1 fully saturated rings. The number of methoxy groups -OCH3 is 1. The number of carbonyl (C=O) groups excluding carboxylic acids is 2. The summed E-state index contributed by atoms with van der Waals surface area (Å²) in [6, 6.07) is 10.1. The van der Waals surface area contributed by atoms with Crippen LogP contribution in [0.5, 0.6) is 5.75 Å². The lowest BCUT2D eigenvalue weighted by Gasteiger charge is -2.21. The molecule has 2 heterocycles. The Balaban J connectivity index is 1.43. The number of carbonyl (C=O) groups is 2. The highest BCUT2D eigenvalue weighted by atomic mass is 32.2. The number of nitrogens with one attached hydrogen (secondary N) is 1. The summed E-state index contributed by atoms with van der Waals surface area (Å²) in [6.45, 7) is 3.91. The van der Waals surface area contributed by atoms with Crippen LogP contribution in [0.25, 0.3) is 0 Å². The Labute approximate surface area is 207 Å². The van der Waals surface area contributed by atoms with Crippen LogP contribution >= 0.6 is 0 Å². The lowest BCUT2D eigenvalue weighted by atomic mass is 10.2. The largest absolute Gasteiger partial charge is 0.495 e. The second-order valence-electron chi connectivity index (χ2n) is 9.19. The van der Waals surface area contributed by atoms with Gasteiger partial charge in [0.2, 0.25) is 11.8 Å². The van der Waals surface area contributed by atoms with E-state index in [1.165, 1.54) is 13.2 Å². The van der Waals surface area contributed by atoms with Crippen LogP contribution in [0.3, 0.4) is 0 Å². The molecule has 2 aliphatic rings. The zero-order valence-electron chi connectivity index (χ0n) is 20.4. The first-order chi connectivity index (χ1) is 16.8. The van der Waals surface area contributed by atoms with Gasteiger partial charge >= 0.3 is 0 Å². The molecule has 8 nitrogen and oxygen atoms in total. The van der Waals surface area contributed by atoms with Gasteiger partial charge in [-0.05, 0) is 67.6 Å². The first kappa shape index (κ1) is 25.0. The van der Waals surface area contributed by atoms with Gasteiger partial charge in [-0.25, -0.2) is 8.42 Å². The van der Waals surface area contributed by atoms with Crippen LogP contribution in [-0.2, 0) is 26.0 Å². The molecular formula is C26H33N3O5S. The normalized spacial score (nSPS) is 15.9. The van der Waals surface area contributed by atoms with Crippen molar-refractivity contribution in [1.29, 1.82) is 0 Å². The number of amides is 2. The third kappa shape index (κ3) is 5.78. The number of hydrogen-bond donors (Lipinski definition) is 1. The van der Waals surface area contributed by atoms with Crippen LogP contribution in [0.1, 0.15) is 49.7 Å². The van der Waals surface area contributed by atoms with Crippen LogP contribution in [0, 0.1) is 6.92 Å². The van der Waals surface area contributed by atoms with Crippen LogP contribution in [-0.4, -0.2) is 51.9 Å². The summed E-state index contributed by atoms with van der Waals surface area (Å²) in [5.41, 5.74) is 2.79. The quantitative estimate of drug-likeness (QED) is 0.624. The Bertz CT molecular complexity index is 1200. The van der Waals surface area contributed by atoms with Crippen molar-refractivity contribution in [2.75, 3.05) is 36.4 Å². The molecule has 2 amide bonds. The molecule has 35 heavy (non-hydrogen) atoms. The molecule has 1 N–H and O–H groups in total. The van der Waals surface area contributed by atoms with E-state index in [4.69, 9.17) is 4.74 Å². The summed E-state index contributed by atoms with van der Waals surface area (Å²) in [4.78, 5) is 29.1. The van der Waals surface area contributed by atoms with Crippen LogP contribution < -0.4 is 14.4 Å². The Morgan fingerprint density at radius 2 is 1.66 bits per heavy atom. The fraction of sp³-hybridized carbons (Fsp3) is 0.462. The van der Waals surface area contributed by atoms with Crippen molar-refractivity contribution in [3.8, 4) is 5.75 Å². The average Bonchev–Trinajstić information content (AvgIpc) is 3.07. The fourth-order valence-corrected chi connectivity index (χ4v) is 5.85. The second-order valence-corrected chi connectivity index (χ2v) is 10.9. The van der Waals surface area contributed by atoms with E-state index in [0.717, 1.165) is 49.9 Å². The molecule has 0 atom stereocenters. The number of benzene rings is 2. The lowest BCUT2D eigenvalue weighted by molar-refractivity contribution is -0.133. The molecule has 0 unspecified atom stereocenters. The van der Waals surface area contributed by atoms with Gasteiger partial charge in [-0.3, -0.25) is 14.3 Å². The zero-order chi connectivity index (χ0) is 25.0. The molecule has 188 valence electrons. The lowest BCUT2D eigenvalue weighted by Crippen LogP contribution is -2.34. The predicted molar refractivity (Wildman–Crippen MR) is 135 cm³/mol. The summed E-state index contributed by atoms with van der Waals surface area (Å²) in [5, 5.41) is 0. The third-order valence-electron chi connectivity index (χ3n) is 6.67. The molecule has 4 rings (SSSR count). The zero-order valence-corrected chi connectivity index (χ0v) is 21.2. The summed E-state index contributed by atoms with van der Waals surface area (Å²) in [7, 11) is -2.35. The molecular weight excluding hydrogens is 466 g/mol. The van der Waals surface area contributed by atoms with E-state index in [9.17, 15) is 18.0 Å².